The zero-order chi connectivity index (χ0) is 22.5. The second-order valence-corrected chi connectivity index (χ2v) is 7.62. The van der Waals surface area contributed by atoms with Gasteiger partial charge in [0.1, 0.15) is 0 Å². The molecule has 0 aliphatic carbocycles. The first-order chi connectivity index (χ1) is 15.5. The van der Waals surface area contributed by atoms with Crippen molar-refractivity contribution in [2.75, 3.05) is 31.3 Å². The van der Waals surface area contributed by atoms with Crippen LogP contribution in [-0.2, 0) is 4.79 Å². The average Bonchev–Trinajstić information content (AvgIpc) is 2.78. The molecule has 2 aromatic heterocycles. The van der Waals surface area contributed by atoms with Crippen LogP contribution >= 0.6 is 0 Å². The van der Waals surface area contributed by atoms with Gasteiger partial charge in [-0.3, -0.25) is 14.2 Å². The lowest BCUT2D eigenvalue weighted by Gasteiger charge is -2.13. The first-order valence-electron chi connectivity index (χ1n) is 10.3. The molecule has 0 saturated heterocycles. The number of benzene rings is 2. The van der Waals surface area contributed by atoms with Crippen molar-refractivity contribution in [3.8, 4) is 5.69 Å². The van der Waals surface area contributed by atoms with Crippen molar-refractivity contribution in [2.45, 2.75) is 6.42 Å². The van der Waals surface area contributed by atoms with Crippen molar-refractivity contribution in [3.63, 3.8) is 0 Å². The Labute approximate surface area is 185 Å². The topological polar surface area (TPSA) is 92.2 Å². The monoisotopic (exact) mass is 428 g/mol. The van der Waals surface area contributed by atoms with E-state index < -0.39 is 0 Å². The number of para-hydroxylation sites is 1. The highest BCUT2D eigenvalue weighted by atomic mass is 16.1. The van der Waals surface area contributed by atoms with Crippen molar-refractivity contribution in [3.05, 3.63) is 83.3 Å². The van der Waals surface area contributed by atoms with Gasteiger partial charge in [-0.15, -0.1) is 0 Å². The molecule has 0 unspecified atom stereocenters. The number of carbonyl (C=O) groups excluding carboxylic acids is 1. The van der Waals surface area contributed by atoms with Crippen LogP contribution in [0.15, 0.2) is 77.7 Å². The van der Waals surface area contributed by atoms with Gasteiger partial charge in [-0.2, -0.15) is 4.98 Å². The van der Waals surface area contributed by atoms with Crippen LogP contribution < -0.4 is 16.2 Å². The molecule has 4 rings (SSSR count). The Morgan fingerprint density at radius 3 is 2.56 bits per heavy atom. The summed E-state index contributed by atoms with van der Waals surface area (Å²) in [6.07, 6.45) is 2.06. The SMILES string of the molecule is CN(C)CCC(=O)Nc1cccc(-n2c(=O)ccc3cnc(Nc4ccccc4)nc32)c1. The van der Waals surface area contributed by atoms with Crippen molar-refractivity contribution in [1.82, 2.24) is 19.4 Å². The van der Waals surface area contributed by atoms with Crippen molar-refractivity contribution >= 4 is 34.3 Å². The van der Waals surface area contributed by atoms with E-state index in [2.05, 4.69) is 20.6 Å². The minimum Gasteiger partial charge on any atom is -0.326 e. The second kappa shape index (κ2) is 9.40. The smallest absolute Gasteiger partial charge is 0.256 e. The van der Waals surface area contributed by atoms with Gasteiger partial charge in [0.05, 0.1) is 5.69 Å². The Morgan fingerprint density at radius 2 is 1.78 bits per heavy atom. The number of anilines is 3. The third-order valence-corrected chi connectivity index (χ3v) is 4.84. The van der Waals surface area contributed by atoms with Crippen LogP contribution in [0.25, 0.3) is 16.7 Å². The molecule has 2 heterocycles. The van der Waals surface area contributed by atoms with Crippen molar-refractivity contribution in [2.24, 2.45) is 0 Å². The average molecular weight is 428 g/mol. The van der Waals surface area contributed by atoms with Gasteiger partial charge in [0, 0.05) is 42.0 Å². The molecule has 4 aromatic rings. The van der Waals surface area contributed by atoms with Crippen molar-refractivity contribution < 1.29 is 4.79 Å². The fourth-order valence-electron chi connectivity index (χ4n) is 3.25. The Hall–Kier alpha value is -4.04. The van der Waals surface area contributed by atoms with E-state index in [0.29, 0.717) is 35.9 Å². The summed E-state index contributed by atoms with van der Waals surface area (Å²) in [4.78, 5) is 35.9. The molecule has 0 atom stereocenters. The number of rotatable bonds is 7. The zero-order valence-corrected chi connectivity index (χ0v) is 17.9. The van der Waals surface area contributed by atoms with Crippen LogP contribution in [0.5, 0.6) is 0 Å². The summed E-state index contributed by atoms with van der Waals surface area (Å²) in [7, 11) is 3.84. The van der Waals surface area contributed by atoms with E-state index in [9.17, 15) is 9.59 Å². The third kappa shape index (κ3) is 4.98. The quantitative estimate of drug-likeness (QED) is 0.469. The summed E-state index contributed by atoms with van der Waals surface area (Å²) in [5, 5.41) is 6.77. The molecule has 1 amide bonds. The molecule has 32 heavy (non-hydrogen) atoms. The zero-order valence-electron chi connectivity index (χ0n) is 17.9. The molecule has 0 bridgehead atoms. The molecular formula is C24H24N6O2. The summed E-state index contributed by atoms with van der Waals surface area (Å²) in [6.45, 7) is 0.655. The number of nitrogens with zero attached hydrogens (tertiary/aromatic N) is 4. The molecule has 0 aliphatic rings. The van der Waals surface area contributed by atoms with Gasteiger partial charge in [-0.05, 0) is 50.5 Å². The number of nitrogens with one attached hydrogen (secondary N) is 2. The number of pyridine rings is 1. The van der Waals surface area contributed by atoms with Gasteiger partial charge >= 0.3 is 0 Å². The first kappa shape index (κ1) is 21.2. The van der Waals surface area contributed by atoms with Gasteiger partial charge in [-0.25, -0.2) is 4.98 Å². The highest BCUT2D eigenvalue weighted by molar-refractivity contribution is 5.91. The van der Waals surface area contributed by atoms with Crippen LogP contribution in [0.2, 0.25) is 0 Å². The molecule has 2 aromatic carbocycles. The Kier molecular flexibility index (Phi) is 6.23. The number of hydrogen-bond donors (Lipinski definition) is 2. The summed E-state index contributed by atoms with van der Waals surface area (Å²) < 4.78 is 1.52. The Morgan fingerprint density at radius 1 is 1.00 bits per heavy atom. The summed E-state index contributed by atoms with van der Waals surface area (Å²) >= 11 is 0. The maximum atomic E-state index is 12.8. The van der Waals surface area contributed by atoms with Gasteiger partial charge in [0.2, 0.25) is 11.9 Å². The largest absolute Gasteiger partial charge is 0.326 e. The molecule has 0 aliphatic heterocycles. The van der Waals surface area contributed by atoms with Crippen LogP contribution in [0.3, 0.4) is 0 Å². The molecule has 162 valence electrons. The predicted molar refractivity (Wildman–Crippen MR) is 127 cm³/mol. The molecule has 0 saturated carbocycles. The van der Waals surface area contributed by atoms with Crippen LogP contribution in [0.1, 0.15) is 6.42 Å². The van der Waals surface area contributed by atoms with E-state index in [1.54, 1.807) is 30.5 Å². The van der Waals surface area contributed by atoms with Gasteiger partial charge in [-0.1, -0.05) is 24.3 Å². The number of aromatic nitrogens is 3. The van der Waals surface area contributed by atoms with E-state index >= 15 is 0 Å². The molecule has 0 spiro atoms. The lowest BCUT2D eigenvalue weighted by atomic mass is 10.2. The van der Waals surface area contributed by atoms with Crippen LogP contribution in [0, 0.1) is 0 Å². The van der Waals surface area contributed by atoms with Crippen LogP contribution in [0.4, 0.5) is 17.3 Å². The van der Waals surface area contributed by atoms with Gasteiger partial charge in [0.25, 0.3) is 5.56 Å². The van der Waals surface area contributed by atoms with E-state index in [1.165, 1.54) is 10.6 Å². The molecule has 8 heteroatoms. The molecular weight excluding hydrogens is 404 g/mol. The van der Waals surface area contributed by atoms with Crippen LogP contribution in [-0.4, -0.2) is 46.0 Å². The normalized spacial score (nSPS) is 11.0. The highest BCUT2D eigenvalue weighted by Crippen LogP contribution is 2.20. The minimum absolute atomic E-state index is 0.0854. The number of hydrogen-bond acceptors (Lipinski definition) is 6. The standard InChI is InChI=1S/C24H24N6O2/c1-29(2)14-13-21(31)26-19-9-6-10-20(15-19)30-22(32)12-11-17-16-25-24(28-23(17)30)27-18-7-4-3-5-8-18/h3-12,15-16H,13-14H2,1-2H3,(H,26,31)(H,25,27,28). The van der Waals surface area contributed by atoms with Crippen molar-refractivity contribution in [1.29, 1.82) is 0 Å². The summed E-state index contributed by atoms with van der Waals surface area (Å²) in [5.74, 6) is 0.300. The number of carbonyl (C=O) groups is 1. The first-order valence-corrected chi connectivity index (χ1v) is 10.3. The second-order valence-electron chi connectivity index (χ2n) is 7.62. The molecule has 2 N–H and O–H groups in total. The predicted octanol–water partition coefficient (Wildman–Crippen LogP) is 3.41. The Balaban J connectivity index is 1.69. The van der Waals surface area contributed by atoms with E-state index in [-0.39, 0.29) is 11.5 Å². The molecule has 0 fully saturated rings. The lowest BCUT2D eigenvalue weighted by molar-refractivity contribution is -0.116. The molecule has 0 radical (unpaired) electrons. The van der Waals surface area contributed by atoms with Gasteiger partial charge in [0.15, 0.2) is 5.65 Å². The lowest BCUT2D eigenvalue weighted by Crippen LogP contribution is -2.21. The number of amides is 1. The molecule has 8 nitrogen and oxygen atoms in total. The fourth-order valence-corrected chi connectivity index (χ4v) is 3.25. The van der Waals surface area contributed by atoms with E-state index in [0.717, 1.165) is 11.1 Å². The minimum atomic E-state index is -0.224. The summed E-state index contributed by atoms with van der Waals surface area (Å²) in [5.41, 5.74) is 2.32. The maximum Gasteiger partial charge on any atom is 0.256 e. The van der Waals surface area contributed by atoms with E-state index in [1.807, 2.05) is 55.4 Å². The summed E-state index contributed by atoms with van der Waals surface area (Å²) in [6, 6.07) is 19.9. The van der Waals surface area contributed by atoms with E-state index in [4.69, 9.17) is 0 Å². The fraction of sp³-hybridized carbons (Fsp3) is 0.167. The maximum absolute atomic E-state index is 12.8. The van der Waals surface area contributed by atoms with Gasteiger partial charge < -0.3 is 15.5 Å². The Bertz CT molecular complexity index is 1300. The highest BCUT2D eigenvalue weighted by Gasteiger charge is 2.11. The number of fused-ring (bicyclic) bond motifs is 1. The third-order valence-electron chi connectivity index (χ3n) is 4.84.